The van der Waals surface area contributed by atoms with Crippen LogP contribution in [0.5, 0.6) is 34.5 Å². The topological polar surface area (TPSA) is 210 Å². The van der Waals surface area contributed by atoms with Crippen molar-refractivity contribution in [1.82, 2.24) is 0 Å². The number of likely N-dealkylation sites (N-methyl/N-ethyl adjacent to an activating group) is 2. The van der Waals surface area contributed by atoms with Gasteiger partial charge in [0.15, 0.2) is 23.0 Å². The number of esters is 2. The van der Waals surface area contributed by atoms with Crippen molar-refractivity contribution in [2.45, 2.75) is 0 Å². The molecule has 0 aromatic heterocycles. The Morgan fingerprint density at radius 3 is 1.08 bits per heavy atom. The highest BCUT2D eigenvalue weighted by molar-refractivity contribution is 7.79. The van der Waals surface area contributed by atoms with Crippen LogP contribution in [0, 0.1) is 0 Å². The molecule has 16 nitrogen and oxygen atoms in total. The van der Waals surface area contributed by atoms with Gasteiger partial charge in [0.1, 0.15) is 26.3 Å². The van der Waals surface area contributed by atoms with E-state index < -0.39 is 22.3 Å². The lowest BCUT2D eigenvalue weighted by molar-refractivity contribution is -0.870. The molecular formula is C32H48N2O14S. The largest absolute Gasteiger partial charge is 0.759 e. The number of quaternary nitrogens is 2. The summed E-state index contributed by atoms with van der Waals surface area (Å²) in [4.78, 5) is 23.3. The van der Waals surface area contributed by atoms with Gasteiger partial charge in [-0.05, 0) is 47.5 Å². The molecule has 0 radical (unpaired) electrons. The minimum absolute atomic E-state index is 0.0762. The van der Waals surface area contributed by atoms with Crippen molar-refractivity contribution in [2.75, 3.05) is 97.0 Å². The Hall–Kier alpha value is -4.55. The van der Waals surface area contributed by atoms with Crippen molar-refractivity contribution < 1.29 is 74.7 Å². The molecule has 0 unspecified atom stereocenters. The Labute approximate surface area is 288 Å². The normalized spacial score (nSPS) is 11.5. The van der Waals surface area contributed by atoms with Crippen LogP contribution < -0.4 is 18.9 Å². The van der Waals surface area contributed by atoms with Gasteiger partial charge in [-0.25, -0.2) is 9.59 Å². The van der Waals surface area contributed by atoms with E-state index in [0.29, 0.717) is 24.3 Å². The maximum atomic E-state index is 11.7. The predicted octanol–water partition coefficient (Wildman–Crippen LogP) is 2.01. The van der Waals surface area contributed by atoms with E-state index >= 15 is 0 Å². The molecule has 49 heavy (non-hydrogen) atoms. The fourth-order valence-electron chi connectivity index (χ4n) is 3.28. The zero-order valence-electron chi connectivity index (χ0n) is 29.5. The van der Waals surface area contributed by atoms with E-state index in [1.54, 1.807) is 36.4 Å². The van der Waals surface area contributed by atoms with Gasteiger partial charge >= 0.3 is 11.9 Å². The van der Waals surface area contributed by atoms with Crippen LogP contribution in [0.25, 0.3) is 12.2 Å². The maximum absolute atomic E-state index is 11.7. The van der Waals surface area contributed by atoms with Crippen molar-refractivity contribution >= 4 is 34.5 Å². The Kier molecular flexibility index (Phi) is 18.8. The van der Waals surface area contributed by atoms with Crippen molar-refractivity contribution in [2.24, 2.45) is 0 Å². The zero-order valence-corrected chi connectivity index (χ0v) is 30.4. The van der Waals surface area contributed by atoms with Gasteiger partial charge in [0, 0.05) is 22.6 Å². The summed E-state index contributed by atoms with van der Waals surface area (Å²) in [6.07, 6.45) is 5.83. The third-order valence-corrected chi connectivity index (χ3v) is 5.84. The number of carbonyl (C=O) groups excluding carboxylic acids is 2. The predicted molar refractivity (Wildman–Crippen MR) is 179 cm³/mol. The minimum atomic E-state index is -5.17. The fraction of sp³-hybridized carbons (Fsp3) is 0.438. The SMILES string of the molecule is COc1cc(/C=C/C(=O)OCC[N+](C)(C)C)cc(OC)c1O.COc1cc(/C=C/C(=O)OCC[N+](C)(C)C)cc(OC)c1O.O=S(=O)([O-])[O-]. The molecule has 0 aliphatic heterocycles. The van der Waals surface area contributed by atoms with Crippen LogP contribution in [0.15, 0.2) is 36.4 Å². The third kappa shape index (κ3) is 21.1. The van der Waals surface area contributed by atoms with Crippen LogP contribution in [-0.2, 0) is 29.5 Å². The molecule has 0 bridgehead atoms. The monoisotopic (exact) mass is 716 g/mol. The molecule has 0 saturated heterocycles. The minimum Gasteiger partial charge on any atom is -0.759 e. The Bertz CT molecular complexity index is 1370. The number of rotatable bonds is 14. The summed E-state index contributed by atoms with van der Waals surface area (Å²) in [5, 5.41) is 19.6. The van der Waals surface area contributed by atoms with Gasteiger partial charge in [-0.15, -0.1) is 0 Å². The van der Waals surface area contributed by atoms with Gasteiger partial charge in [-0.3, -0.25) is 8.42 Å². The number of phenolic OH excluding ortho intramolecular Hbond substituents is 2. The highest BCUT2D eigenvalue weighted by Crippen LogP contribution is 2.38. The number of methoxy groups -OCH3 is 4. The van der Waals surface area contributed by atoms with Crippen LogP contribution in [-0.4, -0.2) is 146 Å². The summed E-state index contributed by atoms with van der Waals surface area (Å²) < 4.78 is 66.0. The van der Waals surface area contributed by atoms with Crippen molar-refractivity contribution in [3.8, 4) is 34.5 Å². The third-order valence-electron chi connectivity index (χ3n) is 5.84. The Morgan fingerprint density at radius 1 is 0.633 bits per heavy atom. The molecule has 0 atom stereocenters. The second-order valence-corrected chi connectivity index (χ2v) is 12.8. The molecule has 2 aromatic carbocycles. The fourth-order valence-corrected chi connectivity index (χ4v) is 3.28. The van der Waals surface area contributed by atoms with E-state index in [4.69, 9.17) is 45.9 Å². The summed E-state index contributed by atoms with van der Waals surface area (Å²) in [6, 6.07) is 6.42. The second kappa shape index (κ2) is 20.7. The number of carbonyl (C=O) groups is 2. The quantitative estimate of drug-likeness (QED) is 0.0942. The summed E-state index contributed by atoms with van der Waals surface area (Å²) in [7, 11) is 12.8. The molecule has 17 heteroatoms. The first-order valence-electron chi connectivity index (χ1n) is 14.4. The molecule has 0 heterocycles. The molecule has 0 saturated carbocycles. The van der Waals surface area contributed by atoms with Gasteiger partial charge in [0.25, 0.3) is 0 Å². The first-order chi connectivity index (χ1) is 22.5. The number of hydrogen-bond donors (Lipinski definition) is 2. The van der Waals surface area contributed by atoms with Crippen molar-refractivity contribution in [3.05, 3.63) is 47.5 Å². The molecule has 0 amide bonds. The van der Waals surface area contributed by atoms with Gasteiger partial charge in [-0.1, -0.05) is 0 Å². The lowest BCUT2D eigenvalue weighted by Gasteiger charge is -2.23. The first-order valence-corrected chi connectivity index (χ1v) is 15.7. The van der Waals surface area contributed by atoms with E-state index in [2.05, 4.69) is 0 Å². The molecule has 2 N–H and O–H groups in total. The average Bonchev–Trinajstić information content (AvgIpc) is 2.98. The molecule has 2 rings (SSSR count). The maximum Gasteiger partial charge on any atom is 0.330 e. The van der Waals surface area contributed by atoms with Gasteiger partial charge < -0.3 is 56.7 Å². The van der Waals surface area contributed by atoms with Crippen LogP contribution in [0.1, 0.15) is 11.1 Å². The van der Waals surface area contributed by atoms with Crippen LogP contribution in [0.3, 0.4) is 0 Å². The van der Waals surface area contributed by atoms with E-state index in [0.717, 1.165) is 22.1 Å². The first kappa shape index (κ1) is 44.5. The Morgan fingerprint density at radius 2 is 0.878 bits per heavy atom. The molecule has 0 fully saturated rings. The highest BCUT2D eigenvalue weighted by Gasteiger charge is 2.12. The number of hydrogen-bond acceptors (Lipinski definition) is 14. The van der Waals surface area contributed by atoms with Gasteiger partial charge in [-0.2, -0.15) is 0 Å². The highest BCUT2D eigenvalue weighted by atomic mass is 32.3. The van der Waals surface area contributed by atoms with Crippen molar-refractivity contribution in [1.29, 1.82) is 0 Å². The molecule has 0 aliphatic rings. The molecular weight excluding hydrogens is 668 g/mol. The number of ether oxygens (including phenoxy) is 6. The Balaban J connectivity index is 0.000000826. The standard InChI is InChI=1S/2C16H23NO5.H2O4S/c2*1-17(2,3)8-9-22-15(18)7-6-12-10-13(20-4)16(19)14(11-12)21-5;1-5(2,3)4/h2*6-7,10-11H,8-9H2,1-5H3;(H2,1,2,3,4). The van der Waals surface area contributed by atoms with Gasteiger partial charge in [0.2, 0.25) is 11.5 Å². The van der Waals surface area contributed by atoms with E-state index in [1.807, 2.05) is 42.3 Å². The summed E-state index contributed by atoms with van der Waals surface area (Å²) in [5.74, 6) is 0.115. The average molecular weight is 717 g/mol. The zero-order chi connectivity index (χ0) is 38.0. The number of benzene rings is 2. The van der Waals surface area contributed by atoms with Crippen LogP contribution in [0.4, 0.5) is 0 Å². The summed E-state index contributed by atoms with van der Waals surface area (Å²) in [6.45, 7) is 2.19. The van der Waals surface area contributed by atoms with Gasteiger partial charge in [0.05, 0.1) is 70.7 Å². The summed E-state index contributed by atoms with van der Waals surface area (Å²) in [5.41, 5.74) is 1.32. The van der Waals surface area contributed by atoms with Crippen LogP contribution >= 0.6 is 0 Å². The molecule has 276 valence electrons. The molecule has 0 spiro atoms. The lowest BCUT2D eigenvalue weighted by Crippen LogP contribution is -2.37. The number of aromatic hydroxyl groups is 2. The number of nitrogens with zero attached hydrogens (tertiary/aromatic N) is 2. The molecule has 0 aliphatic carbocycles. The van der Waals surface area contributed by atoms with E-state index in [-0.39, 0.29) is 34.5 Å². The van der Waals surface area contributed by atoms with E-state index in [1.165, 1.54) is 40.6 Å². The smallest absolute Gasteiger partial charge is 0.330 e. The lowest BCUT2D eigenvalue weighted by atomic mass is 10.1. The van der Waals surface area contributed by atoms with Crippen molar-refractivity contribution in [3.63, 3.8) is 0 Å². The van der Waals surface area contributed by atoms with E-state index in [9.17, 15) is 19.8 Å². The number of phenols is 2. The molecule has 2 aromatic rings. The summed E-state index contributed by atoms with van der Waals surface area (Å²) >= 11 is 0. The van der Waals surface area contributed by atoms with Crippen LogP contribution in [0.2, 0.25) is 0 Å². The second-order valence-electron chi connectivity index (χ2n) is 12.0.